The zero-order chi connectivity index (χ0) is 13.8. The van der Waals surface area contributed by atoms with Gasteiger partial charge in [-0.25, -0.2) is 0 Å². The minimum Gasteiger partial charge on any atom is -0.298 e. The summed E-state index contributed by atoms with van der Waals surface area (Å²) < 4.78 is 3.74. The molecule has 0 unspecified atom stereocenters. The Balaban J connectivity index is 2.41. The topological polar surface area (TPSA) is 52.7 Å². The molecule has 5 nitrogen and oxygen atoms in total. The number of carbonyl (C=O) groups is 1. The number of aldehydes is 1. The van der Waals surface area contributed by atoms with Crippen molar-refractivity contribution in [2.75, 3.05) is 0 Å². The SMILES string of the molecule is CCC(CC)n1cc(C=O)c(-c2cnn(CC)c2)n1. The first-order chi connectivity index (χ1) is 9.23. The van der Waals surface area contributed by atoms with Gasteiger partial charge in [0.2, 0.25) is 0 Å². The van der Waals surface area contributed by atoms with Crippen molar-refractivity contribution < 1.29 is 4.79 Å². The molecular weight excluding hydrogens is 240 g/mol. The Morgan fingerprint density at radius 3 is 2.53 bits per heavy atom. The standard InChI is InChI=1S/C14H20N4O/c1-4-13(5-2)18-9-12(10-19)14(16-18)11-7-15-17(6-3)8-11/h7-10,13H,4-6H2,1-3H3. The van der Waals surface area contributed by atoms with Gasteiger partial charge in [-0.05, 0) is 19.8 Å². The molecule has 19 heavy (non-hydrogen) atoms. The first kappa shape index (κ1) is 13.5. The van der Waals surface area contributed by atoms with Crippen molar-refractivity contribution >= 4 is 6.29 Å². The lowest BCUT2D eigenvalue weighted by atomic mass is 10.2. The van der Waals surface area contributed by atoms with Crippen LogP contribution in [-0.2, 0) is 6.54 Å². The molecule has 2 aromatic rings. The normalized spacial score (nSPS) is 11.2. The summed E-state index contributed by atoms with van der Waals surface area (Å²) in [6.45, 7) is 7.10. The van der Waals surface area contributed by atoms with E-state index in [1.165, 1.54) is 0 Å². The number of hydrogen-bond donors (Lipinski definition) is 0. The quantitative estimate of drug-likeness (QED) is 0.750. The van der Waals surface area contributed by atoms with Crippen LogP contribution in [0.1, 0.15) is 50.0 Å². The molecule has 5 heteroatoms. The van der Waals surface area contributed by atoms with E-state index < -0.39 is 0 Å². The maximum absolute atomic E-state index is 11.2. The van der Waals surface area contributed by atoms with Crippen molar-refractivity contribution in [3.05, 3.63) is 24.2 Å². The zero-order valence-corrected chi connectivity index (χ0v) is 11.7. The van der Waals surface area contributed by atoms with E-state index in [1.54, 1.807) is 6.20 Å². The van der Waals surface area contributed by atoms with Crippen LogP contribution in [0.3, 0.4) is 0 Å². The zero-order valence-electron chi connectivity index (χ0n) is 11.7. The lowest BCUT2D eigenvalue weighted by molar-refractivity contribution is 0.112. The summed E-state index contributed by atoms with van der Waals surface area (Å²) in [7, 11) is 0. The minimum atomic E-state index is 0.341. The van der Waals surface area contributed by atoms with Crippen LogP contribution >= 0.6 is 0 Å². The number of aromatic nitrogens is 4. The molecular formula is C14H20N4O. The maximum Gasteiger partial charge on any atom is 0.153 e. The van der Waals surface area contributed by atoms with Gasteiger partial charge in [-0.2, -0.15) is 10.2 Å². The van der Waals surface area contributed by atoms with Crippen LogP contribution < -0.4 is 0 Å². The molecule has 0 bridgehead atoms. The van der Waals surface area contributed by atoms with Gasteiger partial charge in [0, 0.05) is 24.5 Å². The van der Waals surface area contributed by atoms with Crippen molar-refractivity contribution in [3.8, 4) is 11.3 Å². The molecule has 2 heterocycles. The van der Waals surface area contributed by atoms with Crippen LogP contribution in [0.25, 0.3) is 11.3 Å². The highest BCUT2D eigenvalue weighted by Gasteiger charge is 2.15. The Bertz CT molecular complexity index is 552. The fourth-order valence-electron chi connectivity index (χ4n) is 2.23. The molecule has 0 amide bonds. The lowest BCUT2D eigenvalue weighted by Crippen LogP contribution is -2.07. The average molecular weight is 260 g/mol. The third-order valence-corrected chi connectivity index (χ3v) is 3.43. The molecule has 2 rings (SSSR count). The second-order valence-electron chi connectivity index (χ2n) is 4.59. The fraction of sp³-hybridized carbons (Fsp3) is 0.500. The molecule has 0 saturated heterocycles. The van der Waals surface area contributed by atoms with Crippen molar-refractivity contribution in [2.45, 2.75) is 46.2 Å². The molecule has 0 atom stereocenters. The second kappa shape index (κ2) is 5.82. The van der Waals surface area contributed by atoms with Gasteiger partial charge in [0.15, 0.2) is 6.29 Å². The molecule has 0 N–H and O–H groups in total. The van der Waals surface area contributed by atoms with Crippen LogP contribution in [0, 0.1) is 0 Å². The van der Waals surface area contributed by atoms with Gasteiger partial charge in [-0.3, -0.25) is 14.2 Å². The Hall–Kier alpha value is -1.91. The highest BCUT2D eigenvalue weighted by molar-refractivity contribution is 5.85. The van der Waals surface area contributed by atoms with E-state index in [4.69, 9.17) is 0 Å². The van der Waals surface area contributed by atoms with E-state index in [1.807, 2.05) is 28.7 Å². The first-order valence-corrected chi connectivity index (χ1v) is 6.80. The predicted molar refractivity (Wildman–Crippen MR) is 74.1 cm³/mol. The summed E-state index contributed by atoms with van der Waals surface area (Å²) in [6.07, 6.45) is 8.39. The van der Waals surface area contributed by atoms with Crippen LogP contribution in [-0.4, -0.2) is 25.8 Å². The summed E-state index contributed by atoms with van der Waals surface area (Å²) in [6, 6.07) is 0.341. The summed E-state index contributed by atoms with van der Waals surface area (Å²) in [5, 5.41) is 8.81. The van der Waals surface area contributed by atoms with Gasteiger partial charge in [0.1, 0.15) is 5.69 Å². The molecule has 0 aliphatic rings. The van der Waals surface area contributed by atoms with Crippen LogP contribution in [0.2, 0.25) is 0 Å². The lowest BCUT2D eigenvalue weighted by Gasteiger charge is -2.12. The van der Waals surface area contributed by atoms with E-state index in [0.29, 0.717) is 11.6 Å². The minimum absolute atomic E-state index is 0.341. The number of aryl methyl sites for hydroxylation is 1. The molecule has 0 fully saturated rings. The highest BCUT2D eigenvalue weighted by Crippen LogP contribution is 2.24. The van der Waals surface area contributed by atoms with Gasteiger partial charge in [-0.15, -0.1) is 0 Å². The molecule has 0 aromatic carbocycles. The van der Waals surface area contributed by atoms with Gasteiger partial charge >= 0.3 is 0 Å². The molecule has 0 saturated carbocycles. The van der Waals surface area contributed by atoms with Gasteiger partial charge in [0.05, 0.1) is 17.8 Å². The monoisotopic (exact) mass is 260 g/mol. The van der Waals surface area contributed by atoms with Crippen LogP contribution in [0.5, 0.6) is 0 Å². The van der Waals surface area contributed by atoms with Crippen molar-refractivity contribution in [3.63, 3.8) is 0 Å². The Morgan fingerprint density at radius 1 is 1.26 bits per heavy atom. The van der Waals surface area contributed by atoms with E-state index in [-0.39, 0.29) is 0 Å². The predicted octanol–water partition coefficient (Wildman–Crippen LogP) is 2.94. The molecule has 0 aliphatic heterocycles. The van der Waals surface area contributed by atoms with Gasteiger partial charge in [0.25, 0.3) is 0 Å². The first-order valence-electron chi connectivity index (χ1n) is 6.80. The second-order valence-corrected chi connectivity index (χ2v) is 4.59. The Kier molecular flexibility index (Phi) is 4.14. The third kappa shape index (κ3) is 2.59. The number of nitrogens with zero attached hydrogens (tertiary/aromatic N) is 4. The van der Waals surface area contributed by atoms with Gasteiger partial charge < -0.3 is 0 Å². The van der Waals surface area contributed by atoms with Crippen LogP contribution in [0.15, 0.2) is 18.6 Å². The third-order valence-electron chi connectivity index (χ3n) is 3.43. The number of carbonyl (C=O) groups excluding carboxylic acids is 1. The fourth-order valence-corrected chi connectivity index (χ4v) is 2.23. The summed E-state index contributed by atoms with van der Waals surface area (Å²) in [4.78, 5) is 11.2. The molecule has 0 spiro atoms. The molecule has 0 aliphatic carbocycles. The number of rotatable bonds is 6. The van der Waals surface area contributed by atoms with Crippen LogP contribution in [0.4, 0.5) is 0 Å². The summed E-state index contributed by atoms with van der Waals surface area (Å²) >= 11 is 0. The van der Waals surface area contributed by atoms with Gasteiger partial charge in [-0.1, -0.05) is 13.8 Å². The van der Waals surface area contributed by atoms with E-state index >= 15 is 0 Å². The Morgan fingerprint density at radius 2 is 2.00 bits per heavy atom. The average Bonchev–Trinajstić information content (AvgIpc) is 3.06. The van der Waals surface area contributed by atoms with E-state index in [9.17, 15) is 4.79 Å². The smallest absolute Gasteiger partial charge is 0.153 e. The van der Waals surface area contributed by atoms with E-state index in [0.717, 1.165) is 36.9 Å². The number of hydrogen-bond acceptors (Lipinski definition) is 3. The Labute approximate surface area is 113 Å². The molecule has 102 valence electrons. The largest absolute Gasteiger partial charge is 0.298 e. The highest BCUT2D eigenvalue weighted by atomic mass is 16.1. The summed E-state index contributed by atoms with van der Waals surface area (Å²) in [5.74, 6) is 0. The van der Waals surface area contributed by atoms with Crippen molar-refractivity contribution in [1.29, 1.82) is 0 Å². The van der Waals surface area contributed by atoms with Crippen molar-refractivity contribution in [2.24, 2.45) is 0 Å². The van der Waals surface area contributed by atoms with E-state index in [2.05, 4.69) is 24.0 Å². The maximum atomic E-state index is 11.2. The summed E-state index contributed by atoms with van der Waals surface area (Å²) in [5.41, 5.74) is 2.25. The van der Waals surface area contributed by atoms with Crippen molar-refractivity contribution in [1.82, 2.24) is 19.6 Å². The molecule has 2 aromatic heterocycles. The molecule has 0 radical (unpaired) electrons.